The third-order valence-electron chi connectivity index (χ3n) is 3.69. The van der Waals surface area contributed by atoms with Crippen LogP contribution in [0.2, 0.25) is 0 Å². The van der Waals surface area contributed by atoms with Crippen LogP contribution in [0.15, 0.2) is 40.1 Å². The van der Waals surface area contributed by atoms with E-state index < -0.39 is 11.9 Å². The summed E-state index contributed by atoms with van der Waals surface area (Å²) < 4.78 is 16.0. The highest BCUT2D eigenvalue weighted by molar-refractivity contribution is 7.14. The Labute approximate surface area is 159 Å². The zero-order chi connectivity index (χ0) is 19.4. The van der Waals surface area contributed by atoms with Crippen LogP contribution in [-0.2, 0) is 4.74 Å². The third kappa shape index (κ3) is 3.85. The molecule has 0 spiro atoms. The molecule has 3 aromatic rings. The van der Waals surface area contributed by atoms with E-state index >= 15 is 0 Å². The minimum Gasteiger partial charge on any atom is -0.490 e. The van der Waals surface area contributed by atoms with Crippen molar-refractivity contribution in [2.24, 2.45) is 0 Å². The first-order valence-electron chi connectivity index (χ1n) is 8.35. The van der Waals surface area contributed by atoms with Crippen molar-refractivity contribution in [3.05, 3.63) is 52.4 Å². The molecule has 2 aromatic heterocycles. The van der Waals surface area contributed by atoms with Gasteiger partial charge >= 0.3 is 5.97 Å². The average molecular weight is 386 g/mol. The van der Waals surface area contributed by atoms with E-state index in [-0.39, 0.29) is 23.3 Å². The fraction of sp³-hybridized carbons (Fsp3) is 0.211. The molecule has 1 aromatic carbocycles. The number of ether oxygens (including phenoxy) is 2. The van der Waals surface area contributed by atoms with Gasteiger partial charge in [-0.1, -0.05) is 12.1 Å². The predicted molar refractivity (Wildman–Crippen MR) is 101 cm³/mol. The molecule has 0 saturated carbocycles. The molecular formula is C19H18N2O5S. The highest BCUT2D eigenvalue weighted by atomic mass is 32.1. The molecule has 8 heteroatoms. The number of benzene rings is 1. The Morgan fingerprint density at radius 3 is 2.74 bits per heavy atom. The molecule has 0 unspecified atom stereocenters. The lowest BCUT2D eigenvalue weighted by atomic mass is 10.1. The van der Waals surface area contributed by atoms with Crippen LogP contribution in [0.4, 0.5) is 5.00 Å². The van der Waals surface area contributed by atoms with Gasteiger partial charge in [0.05, 0.1) is 18.8 Å². The van der Waals surface area contributed by atoms with Gasteiger partial charge in [-0.2, -0.15) is 0 Å². The Morgan fingerprint density at radius 2 is 2.00 bits per heavy atom. The molecule has 1 amide bonds. The van der Waals surface area contributed by atoms with Crippen LogP contribution in [0.3, 0.4) is 0 Å². The Bertz CT molecular complexity index is 1050. The Kier molecular flexibility index (Phi) is 5.56. The van der Waals surface area contributed by atoms with Crippen LogP contribution in [0.25, 0.3) is 11.0 Å². The second-order valence-corrected chi connectivity index (χ2v) is 6.35. The number of thiophene rings is 1. The number of nitrogens with one attached hydrogen (secondary N) is 2. The van der Waals surface area contributed by atoms with E-state index in [9.17, 15) is 9.59 Å². The average Bonchev–Trinajstić information content (AvgIpc) is 3.10. The molecular weight excluding hydrogens is 368 g/mol. The van der Waals surface area contributed by atoms with Gasteiger partial charge in [0.2, 0.25) is 5.55 Å². The fourth-order valence-electron chi connectivity index (χ4n) is 2.52. The van der Waals surface area contributed by atoms with E-state index in [0.29, 0.717) is 28.3 Å². The van der Waals surface area contributed by atoms with Gasteiger partial charge in [0.15, 0.2) is 11.3 Å². The Morgan fingerprint density at radius 1 is 1.19 bits per heavy atom. The maximum atomic E-state index is 12.7. The summed E-state index contributed by atoms with van der Waals surface area (Å²) in [5, 5.41) is 13.4. The first-order chi connectivity index (χ1) is 13.0. The molecule has 0 aliphatic carbocycles. The van der Waals surface area contributed by atoms with Gasteiger partial charge in [-0.05, 0) is 37.4 Å². The molecule has 2 heterocycles. The molecule has 0 aliphatic rings. The maximum absolute atomic E-state index is 12.7. The zero-order valence-electron chi connectivity index (χ0n) is 14.8. The largest absolute Gasteiger partial charge is 0.490 e. The lowest BCUT2D eigenvalue weighted by Gasteiger charge is -2.09. The number of hydrogen-bond acceptors (Lipinski definition) is 7. The minimum atomic E-state index is -0.541. The van der Waals surface area contributed by atoms with Gasteiger partial charge in [-0.3, -0.25) is 10.2 Å². The molecule has 0 aliphatic heterocycles. The van der Waals surface area contributed by atoms with E-state index in [1.807, 2.05) is 6.92 Å². The number of carbonyl (C=O) groups is 2. The monoisotopic (exact) mass is 386 g/mol. The zero-order valence-corrected chi connectivity index (χ0v) is 15.6. The van der Waals surface area contributed by atoms with Crippen molar-refractivity contribution in [1.29, 1.82) is 5.41 Å². The number of hydrogen-bond donors (Lipinski definition) is 2. The quantitative estimate of drug-likeness (QED) is 0.628. The first kappa shape index (κ1) is 18.7. The molecule has 0 atom stereocenters. The van der Waals surface area contributed by atoms with E-state index in [2.05, 4.69) is 5.32 Å². The Hall–Kier alpha value is -3.13. The SMILES string of the molecule is CCOC(=O)c1ccsc1NC(=O)c1cc2cccc(OCC)c2oc1=N. The summed E-state index contributed by atoms with van der Waals surface area (Å²) in [4.78, 5) is 24.6. The lowest BCUT2D eigenvalue weighted by molar-refractivity contribution is 0.0528. The van der Waals surface area contributed by atoms with Crippen molar-refractivity contribution in [2.75, 3.05) is 18.5 Å². The minimum absolute atomic E-state index is 0.0550. The number of para-hydroxylation sites is 1. The molecule has 0 fully saturated rings. The summed E-state index contributed by atoms with van der Waals surface area (Å²) in [7, 11) is 0. The van der Waals surface area contributed by atoms with Crippen LogP contribution in [0.5, 0.6) is 5.75 Å². The fourth-order valence-corrected chi connectivity index (χ4v) is 3.29. The topological polar surface area (TPSA) is 102 Å². The van der Waals surface area contributed by atoms with Crippen LogP contribution in [0, 0.1) is 5.41 Å². The normalized spacial score (nSPS) is 10.6. The third-order valence-corrected chi connectivity index (χ3v) is 4.52. The van der Waals surface area contributed by atoms with Crippen LogP contribution in [0.1, 0.15) is 34.6 Å². The summed E-state index contributed by atoms with van der Waals surface area (Å²) in [6.07, 6.45) is 0. The summed E-state index contributed by atoms with van der Waals surface area (Å²) in [5.74, 6) is -0.538. The molecule has 7 nitrogen and oxygen atoms in total. The highest BCUT2D eigenvalue weighted by Crippen LogP contribution is 2.27. The van der Waals surface area contributed by atoms with E-state index in [1.54, 1.807) is 42.6 Å². The standard InChI is InChI=1S/C19H18N2O5S/c1-3-24-14-7-5-6-11-10-13(16(20)26-15(11)14)17(22)21-18-12(8-9-27-18)19(23)25-4-2/h5-10,20H,3-4H2,1-2H3,(H,21,22). The predicted octanol–water partition coefficient (Wildman–Crippen LogP) is 3.80. The van der Waals surface area contributed by atoms with Crippen molar-refractivity contribution >= 4 is 39.2 Å². The van der Waals surface area contributed by atoms with Gasteiger partial charge in [0.1, 0.15) is 10.6 Å². The smallest absolute Gasteiger partial charge is 0.341 e. The molecule has 0 saturated heterocycles. The van der Waals surface area contributed by atoms with Crippen molar-refractivity contribution in [3.63, 3.8) is 0 Å². The van der Waals surface area contributed by atoms with E-state index in [4.69, 9.17) is 19.3 Å². The van der Waals surface area contributed by atoms with Crippen LogP contribution in [-0.4, -0.2) is 25.1 Å². The second kappa shape index (κ2) is 8.05. The van der Waals surface area contributed by atoms with Gasteiger partial charge in [0, 0.05) is 5.39 Å². The molecule has 0 radical (unpaired) electrons. The van der Waals surface area contributed by atoms with Crippen molar-refractivity contribution in [3.8, 4) is 5.75 Å². The number of rotatable bonds is 6. The number of carbonyl (C=O) groups excluding carboxylic acids is 2. The summed E-state index contributed by atoms with van der Waals surface area (Å²) in [6, 6.07) is 8.44. The van der Waals surface area contributed by atoms with Gasteiger partial charge < -0.3 is 19.2 Å². The number of esters is 1. The molecule has 27 heavy (non-hydrogen) atoms. The molecule has 140 valence electrons. The number of amides is 1. The van der Waals surface area contributed by atoms with Crippen molar-refractivity contribution in [2.45, 2.75) is 13.8 Å². The summed E-state index contributed by atoms with van der Waals surface area (Å²) >= 11 is 1.20. The van der Waals surface area contributed by atoms with Gasteiger partial charge in [-0.15, -0.1) is 11.3 Å². The Balaban J connectivity index is 1.93. The number of fused-ring (bicyclic) bond motifs is 1. The van der Waals surface area contributed by atoms with Crippen molar-refractivity contribution in [1.82, 2.24) is 0 Å². The highest BCUT2D eigenvalue weighted by Gasteiger charge is 2.19. The van der Waals surface area contributed by atoms with Crippen LogP contribution < -0.4 is 15.6 Å². The van der Waals surface area contributed by atoms with Gasteiger partial charge in [-0.25, -0.2) is 4.79 Å². The molecule has 2 N–H and O–H groups in total. The first-order valence-corrected chi connectivity index (χ1v) is 9.23. The van der Waals surface area contributed by atoms with E-state index in [0.717, 1.165) is 0 Å². The van der Waals surface area contributed by atoms with E-state index in [1.165, 1.54) is 11.3 Å². The van der Waals surface area contributed by atoms with Crippen molar-refractivity contribution < 1.29 is 23.5 Å². The number of anilines is 1. The lowest BCUT2D eigenvalue weighted by Crippen LogP contribution is -2.21. The van der Waals surface area contributed by atoms with Gasteiger partial charge in [0.25, 0.3) is 5.91 Å². The van der Waals surface area contributed by atoms with Crippen LogP contribution >= 0.6 is 11.3 Å². The summed E-state index contributed by atoms with van der Waals surface area (Å²) in [5.41, 5.74) is 0.447. The maximum Gasteiger partial charge on any atom is 0.341 e. The molecule has 3 rings (SSSR count). The molecule has 0 bridgehead atoms. The second-order valence-electron chi connectivity index (χ2n) is 5.43. The summed E-state index contributed by atoms with van der Waals surface area (Å²) in [6.45, 7) is 4.26.